The number of benzene rings is 2. The van der Waals surface area contributed by atoms with E-state index in [9.17, 15) is 4.39 Å². The Morgan fingerprint density at radius 2 is 1.85 bits per heavy atom. The van der Waals surface area contributed by atoms with E-state index < -0.39 is 0 Å². The highest BCUT2D eigenvalue weighted by molar-refractivity contribution is 6.33. The van der Waals surface area contributed by atoms with Crippen LogP contribution in [0.25, 0.3) is 11.1 Å². The molecule has 2 aromatic carbocycles. The molecule has 1 saturated heterocycles. The molecule has 1 unspecified atom stereocenters. The highest BCUT2D eigenvalue weighted by Gasteiger charge is 2.16. The fourth-order valence-corrected chi connectivity index (χ4v) is 2.83. The van der Waals surface area contributed by atoms with Crippen molar-refractivity contribution >= 4 is 24.0 Å². The predicted octanol–water partition coefficient (Wildman–Crippen LogP) is 4.99. The Labute approximate surface area is 129 Å². The topological polar surface area (TPSA) is 12.0 Å². The maximum Gasteiger partial charge on any atom is 0.142 e. The van der Waals surface area contributed by atoms with Gasteiger partial charge < -0.3 is 5.32 Å². The molecule has 1 heterocycles. The number of rotatable bonds is 2. The minimum absolute atomic E-state index is 0. The summed E-state index contributed by atoms with van der Waals surface area (Å²) in [7, 11) is 0. The summed E-state index contributed by atoms with van der Waals surface area (Å²) in [4.78, 5) is 0. The van der Waals surface area contributed by atoms with E-state index in [0.29, 0.717) is 6.04 Å². The first-order valence-electron chi connectivity index (χ1n) is 6.53. The quantitative estimate of drug-likeness (QED) is 0.823. The summed E-state index contributed by atoms with van der Waals surface area (Å²) in [6.07, 6.45) is 2.40. The van der Waals surface area contributed by atoms with Gasteiger partial charge in [0.2, 0.25) is 0 Å². The summed E-state index contributed by atoms with van der Waals surface area (Å²) < 4.78 is 13.4. The molecule has 0 spiro atoms. The SMILES string of the molecule is Cl.Fc1cccc(-c2ccc(C3CCCN3)cc2)c1Cl. The van der Waals surface area contributed by atoms with Gasteiger partial charge in [-0.05, 0) is 36.6 Å². The van der Waals surface area contributed by atoms with E-state index in [1.165, 1.54) is 24.5 Å². The third-order valence-corrected chi connectivity index (χ3v) is 4.02. The van der Waals surface area contributed by atoms with E-state index in [0.717, 1.165) is 17.7 Å². The van der Waals surface area contributed by atoms with Crippen LogP contribution in [-0.4, -0.2) is 6.54 Å². The second-order valence-electron chi connectivity index (χ2n) is 4.87. The zero-order valence-corrected chi connectivity index (χ0v) is 12.5. The second kappa shape index (κ2) is 6.57. The van der Waals surface area contributed by atoms with Crippen LogP contribution >= 0.6 is 24.0 Å². The molecular formula is C16H16Cl2FN. The van der Waals surface area contributed by atoms with Gasteiger partial charge in [0, 0.05) is 11.6 Å². The Hall–Kier alpha value is -1.09. The van der Waals surface area contributed by atoms with Crippen LogP contribution in [-0.2, 0) is 0 Å². The van der Waals surface area contributed by atoms with E-state index in [2.05, 4.69) is 17.4 Å². The van der Waals surface area contributed by atoms with Crippen LogP contribution in [0.2, 0.25) is 5.02 Å². The smallest absolute Gasteiger partial charge is 0.142 e. The molecule has 1 nitrogen and oxygen atoms in total. The van der Waals surface area contributed by atoms with E-state index >= 15 is 0 Å². The third kappa shape index (κ3) is 2.98. The van der Waals surface area contributed by atoms with Crippen LogP contribution < -0.4 is 5.32 Å². The number of halogens is 3. The molecule has 1 N–H and O–H groups in total. The highest BCUT2D eigenvalue weighted by atomic mass is 35.5. The lowest BCUT2D eigenvalue weighted by Gasteiger charge is -2.12. The molecular weight excluding hydrogens is 296 g/mol. The molecule has 20 heavy (non-hydrogen) atoms. The molecule has 3 rings (SSSR count). The number of hydrogen-bond donors (Lipinski definition) is 1. The van der Waals surface area contributed by atoms with Crippen LogP contribution in [0.1, 0.15) is 24.4 Å². The maximum absolute atomic E-state index is 13.4. The molecule has 4 heteroatoms. The number of nitrogens with one attached hydrogen (secondary N) is 1. The van der Waals surface area contributed by atoms with Crippen molar-refractivity contribution in [1.29, 1.82) is 0 Å². The molecule has 0 saturated carbocycles. The summed E-state index contributed by atoms with van der Waals surface area (Å²) in [5, 5.41) is 3.66. The molecule has 0 amide bonds. The zero-order chi connectivity index (χ0) is 13.2. The van der Waals surface area contributed by atoms with Crippen molar-refractivity contribution in [3.8, 4) is 11.1 Å². The van der Waals surface area contributed by atoms with Crippen molar-refractivity contribution in [2.45, 2.75) is 18.9 Å². The maximum atomic E-state index is 13.4. The van der Waals surface area contributed by atoms with Gasteiger partial charge in [0.25, 0.3) is 0 Å². The third-order valence-electron chi connectivity index (χ3n) is 3.64. The van der Waals surface area contributed by atoms with Crippen molar-refractivity contribution in [2.24, 2.45) is 0 Å². The zero-order valence-electron chi connectivity index (χ0n) is 10.9. The first-order chi connectivity index (χ1) is 9.25. The average Bonchev–Trinajstić information content (AvgIpc) is 2.96. The van der Waals surface area contributed by atoms with E-state index in [1.54, 1.807) is 6.07 Å². The lowest BCUT2D eigenvalue weighted by Crippen LogP contribution is -2.12. The minimum atomic E-state index is -0.374. The van der Waals surface area contributed by atoms with Gasteiger partial charge in [0.05, 0.1) is 5.02 Å². The average molecular weight is 312 g/mol. The molecule has 0 bridgehead atoms. The fraction of sp³-hybridized carbons (Fsp3) is 0.250. The van der Waals surface area contributed by atoms with Crippen molar-refractivity contribution in [1.82, 2.24) is 5.32 Å². The predicted molar refractivity (Wildman–Crippen MR) is 84.1 cm³/mol. The standard InChI is InChI=1S/C16H15ClFN.ClH/c17-16-13(3-1-4-14(16)18)11-6-8-12(9-7-11)15-5-2-10-19-15;/h1,3-4,6-9,15,19H,2,5,10H2;1H. The fourth-order valence-electron chi connectivity index (χ4n) is 2.59. The Morgan fingerprint density at radius 1 is 1.10 bits per heavy atom. The van der Waals surface area contributed by atoms with Gasteiger partial charge in [0.15, 0.2) is 0 Å². The van der Waals surface area contributed by atoms with Crippen LogP contribution in [0.3, 0.4) is 0 Å². The molecule has 0 radical (unpaired) electrons. The summed E-state index contributed by atoms with van der Waals surface area (Å²) >= 11 is 6.01. The Kier molecular flexibility index (Phi) is 5.03. The molecule has 0 aromatic heterocycles. The molecule has 2 aromatic rings. The second-order valence-corrected chi connectivity index (χ2v) is 5.25. The van der Waals surface area contributed by atoms with Crippen LogP contribution in [0.5, 0.6) is 0 Å². The molecule has 1 aliphatic rings. The summed E-state index contributed by atoms with van der Waals surface area (Å²) in [5.74, 6) is -0.374. The molecule has 0 aliphatic carbocycles. The van der Waals surface area contributed by atoms with E-state index in [-0.39, 0.29) is 23.2 Å². The van der Waals surface area contributed by atoms with Crippen molar-refractivity contribution in [3.63, 3.8) is 0 Å². The lowest BCUT2D eigenvalue weighted by molar-refractivity contribution is 0.629. The van der Waals surface area contributed by atoms with Crippen LogP contribution in [0.15, 0.2) is 42.5 Å². The van der Waals surface area contributed by atoms with Crippen molar-refractivity contribution in [3.05, 3.63) is 58.9 Å². The van der Waals surface area contributed by atoms with Gasteiger partial charge >= 0.3 is 0 Å². The monoisotopic (exact) mass is 311 g/mol. The van der Waals surface area contributed by atoms with Gasteiger partial charge in [-0.15, -0.1) is 12.4 Å². The summed E-state index contributed by atoms with van der Waals surface area (Å²) in [6, 6.07) is 13.6. The molecule has 106 valence electrons. The normalized spacial score (nSPS) is 17.8. The van der Waals surface area contributed by atoms with Crippen molar-refractivity contribution < 1.29 is 4.39 Å². The first-order valence-corrected chi connectivity index (χ1v) is 6.91. The van der Waals surface area contributed by atoms with Gasteiger partial charge in [-0.2, -0.15) is 0 Å². The Balaban J connectivity index is 0.00000147. The highest BCUT2D eigenvalue weighted by Crippen LogP contribution is 2.31. The summed E-state index contributed by atoms with van der Waals surface area (Å²) in [6.45, 7) is 1.09. The minimum Gasteiger partial charge on any atom is -0.310 e. The first kappa shape index (κ1) is 15.3. The molecule has 1 fully saturated rings. The Morgan fingerprint density at radius 3 is 2.50 bits per heavy atom. The van der Waals surface area contributed by atoms with Gasteiger partial charge in [-0.25, -0.2) is 4.39 Å². The largest absolute Gasteiger partial charge is 0.310 e. The summed E-state index contributed by atoms with van der Waals surface area (Å²) in [5.41, 5.74) is 2.98. The Bertz CT molecular complexity index is 578. The molecule has 1 aliphatic heterocycles. The van der Waals surface area contributed by atoms with Crippen LogP contribution in [0.4, 0.5) is 4.39 Å². The van der Waals surface area contributed by atoms with Gasteiger partial charge in [0.1, 0.15) is 5.82 Å². The van der Waals surface area contributed by atoms with Crippen molar-refractivity contribution in [2.75, 3.05) is 6.54 Å². The van der Waals surface area contributed by atoms with Crippen LogP contribution in [0, 0.1) is 5.82 Å². The van der Waals surface area contributed by atoms with Gasteiger partial charge in [-0.1, -0.05) is 48.0 Å². The van der Waals surface area contributed by atoms with E-state index in [1.807, 2.05) is 18.2 Å². The molecule has 1 atom stereocenters. The van der Waals surface area contributed by atoms with Gasteiger partial charge in [-0.3, -0.25) is 0 Å². The van der Waals surface area contributed by atoms with E-state index in [4.69, 9.17) is 11.6 Å². The number of hydrogen-bond acceptors (Lipinski definition) is 1. The lowest BCUT2D eigenvalue weighted by atomic mass is 10.00.